The van der Waals surface area contributed by atoms with Crippen LogP contribution in [0, 0.1) is 0 Å². The summed E-state index contributed by atoms with van der Waals surface area (Å²) >= 11 is 1.89. The lowest BCUT2D eigenvalue weighted by Gasteiger charge is -2.32. The molecule has 0 radical (unpaired) electrons. The van der Waals surface area contributed by atoms with Gasteiger partial charge < -0.3 is 4.90 Å². The standard InChI is InChI=1S/C46H35NS/c1-45(2)33-20-10-7-17-30(33)41-35(45)22-13-23-36(41)47(37-24-14-26-40-42(37)32-19-9-12-25-39(32)48-40)38-27-28-15-5-6-16-29(28)44-43(38)31-18-8-11-21-34(31)46(44,3)4/h5-27H,1-4H3. The van der Waals surface area contributed by atoms with Crippen LogP contribution < -0.4 is 4.90 Å². The first kappa shape index (κ1) is 27.9. The van der Waals surface area contributed by atoms with Crippen LogP contribution in [-0.2, 0) is 10.8 Å². The van der Waals surface area contributed by atoms with Gasteiger partial charge >= 0.3 is 0 Å². The maximum atomic E-state index is 2.63. The van der Waals surface area contributed by atoms with E-state index in [2.05, 4.69) is 172 Å². The minimum Gasteiger partial charge on any atom is -0.309 e. The third kappa shape index (κ3) is 3.56. The topological polar surface area (TPSA) is 3.24 Å². The third-order valence-corrected chi connectivity index (χ3v) is 12.3. The van der Waals surface area contributed by atoms with Crippen molar-refractivity contribution in [1.29, 1.82) is 0 Å². The summed E-state index contributed by atoms with van der Waals surface area (Å²) < 4.78 is 2.63. The van der Waals surface area contributed by atoms with Gasteiger partial charge in [-0.3, -0.25) is 0 Å². The number of hydrogen-bond donors (Lipinski definition) is 0. The van der Waals surface area contributed by atoms with Crippen LogP contribution >= 0.6 is 11.3 Å². The molecule has 0 fully saturated rings. The summed E-state index contributed by atoms with van der Waals surface area (Å²) in [6.07, 6.45) is 0. The second-order valence-corrected chi connectivity index (χ2v) is 15.6. The van der Waals surface area contributed by atoms with E-state index in [1.807, 2.05) is 11.3 Å². The Bertz CT molecular complexity index is 2630. The molecule has 0 N–H and O–H groups in total. The molecule has 1 nitrogen and oxygen atoms in total. The minimum absolute atomic E-state index is 0.103. The molecule has 0 aliphatic heterocycles. The van der Waals surface area contributed by atoms with Crippen LogP contribution in [0.3, 0.4) is 0 Å². The monoisotopic (exact) mass is 633 g/mol. The minimum atomic E-state index is -0.151. The molecule has 48 heavy (non-hydrogen) atoms. The van der Waals surface area contributed by atoms with E-state index < -0.39 is 0 Å². The van der Waals surface area contributed by atoms with E-state index in [4.69, 9.17) is 0 Å². The highest BCUT2D eigenvalue weighted by atomic mass is 32.1. The van der Waals surface area contributed by atoms with Gasteiger partial charge in [0.15, 0.2) is 0 Å². The Morgan fingerprint density at radius 3 is 1.85 bits per heavy atom. The van der Waals surface area contributed by atoms with Crippen LogP contribution in [-0.4, -0.2) is 0 Å². The van der Waals surface area contributed by atoms with Crippen LogP contribution in [0.4, 0.5) is 17.1 Å². The Balaban J connectivity index is 1.41. The molecular weight excluding hydrogens is 599 g/mol. The lowest BCUT2D eigenvalue weighted by atomic mass is 9.80. The van der Waals surface area contributed by atoms with Crippen molar-refractivity contribution in [1.82, 2.24) is 0 Å². The number of anilines is 3. The molecule has 0 spiro atoms. The highest BCUT2D eigenvalue weighted by Crippen LogP contribution is 2.60. The van der Waals surface area contributed by atoms with Gasteiger partial charge in [0, 0.05) is 42.1 Å². The van der Waals surface area contributed by atoms with E-state index in [1.54, 1.807) is 0 Å². The van der Waals surface area contributed by atoms with Gasteiger partial charge in [-0.15, -0.1) is 11.3 Å². The number of benzene rings is 7. The van der Waals surface area contributed by atoms with Crippen LogP contribution in [0.1, 0.15) is 49.9 Å². The summed E-state index contributed by atoms with van der Waals surface area (Å²) in [5.41, 5.74) is 14.4. The molecule has 8 aromatic rings. The fourth-order valence-corrected chi connectivity index (χ4v) is 10.2. The molecule has 2 heteroatoms. The van der Waals surface area contributed by atoms with E-state index in [1.165, 1.54) is 92.5 Å². The predicted octanol–water partition coefficient (Wildman–Crippen LogP) is 13.3. The zero-order chi connectivity index (χ0) is 32.4. The smallest absolute Gasteiger partial charge is 0.0555 e. The van der Waals surface area contributed by atoms with Crippen LogP contribution in [0.2, 0.25) is 0 Å². The zero-order valence-electron chi connectivity index (χ0n) is 27.6. The van der Waals surface area contributed by atoms with E-state index in [9.17, 15) is 0 Å². The first-order valence-electron chi connectivity index (χ1n) is 17.0. The molecule has 0 saturated heterocycles. The molecule has 0 unspecified atom stereocenters. The van der Waals surface area contributed by atoms with Gasteiger partial charge in [-0.25, -0.2) is 0 Å². The van der Waals surface area contributed by atoms with Crippen molar-refractivity contribution in [2.24, 2.45) is 0 Å². The van der Waals surface area contributed by atoms with Crippen LogP contribution in [0.15, 0.2) is 140 Å². The molecule has 2 aliphatic carbocycles. The zero-order valence-corrected chi connectivity index (χ0v) is 28.5. The average molecular weight is 634 g/mol. The Hall–Kier alpha value is -5.18. The van der Waals surface area contributed by atoms with E-state index >= 15 is 0 Å². The van der Waals surface area contributed by atoms with Gasteiger partial charge in [0.25, 0.3) is 0 Å². The first-order valence-corrected chi connectivity index (χ1v) is 17.8. The van der Waals surface area contributed by atoms with Crippen molar-refractivity contribution in [2.45, 2.75) is 38.5 Å². The molecule has 10 rings (SSSR count). The molecular formula is C46H35NS. The normalized spacial score (nSPS) is 15.0. The van der Waals surface area contributed by atoms with Crippen molar-refractivity contribution in [3.8, 4) is 22.3 Å². The highest BCUT2D eigenvalue weighted by molar-refractivity contribution is 7.26. The molecule has 0 saturated carbocycles. The maximum Gasteiger partial charge on any atom is 0.0555 e. The van der Waals surface area contributed by atoms with Crippen LogP contribution in [0.5, 0.6) is 0 Å². The number of hydrogen-bond acceptors (Lipinski definition) is 2. The quantitative estimate of drug-likeness (QED) is 0.187. The fourth-order valence-electron chi connectivity index (χ4n) is 9.06. The SMILES string of the molecule is CC1(C)c2ccccc2-c2c(N(c3cc4ccccc4c4c3-c3ccccc3C4(C)C)c3cccc4sc5ccccc5c34)cccc21. The van der Waals surface area contributed by atoms with E-state index in [0.717, 1.165) is 0 Å². The number of fused-ring (bicyclic) bond motifs is 11. The van der Waals surface area contributed by atoms with Crippen molar-refractivity contribution < 1.29 is 0 Å². The van der Waals surface area contributed by atoms with Gasteiger partial charge in [-0.05, 0) is 74.5 Å². The lowest BCUT2D eigenvalue weighted by Crippen LogP contribution is -2.18. The Morgan fingerprint density at radius 2 is 1.04 bits per heavy atom. The van der Waals surface area contributed by atoms with Gasteiger partial charge in [0.05, 0.1) is 17.1 Å². The summed E-state index contributed by atoms with van der Waals surface area (Å²) in [5.74, 6) is 0. The maximum absolute atomic E-state index is 2.63. The largest absolute Gasteiger partial charge is 0.309 e. The van der Waals surface area contributed by atoms with Gasteiger partial charge in [0.2, 0.25) is 0 Å². The molecule has 230 valence electrons. The Morgan fingerprint density at radius 1 is 0.458 bits per heavy atom. The first-order chi connectivity index (χ1) is 23.4. The molecule has 0 bridgehead atoms. The Labute approximate surface area is 285 Å². The fraction of sp³-hybridized carbons (Fsp3) is 0.130. The van der Waals surface area contributed by atoms with Crippen molar-refractivity contribution >= 4 is 59.3 Å². The molecule has 2 aliphatic rings. The van der Waals surface area contributed by atoms with E-state index in [0.29, 0.717) is 0 Å². The molecule has 7 aromatic carbocycles. The third-order valence-electron chi connectivity index (χ3n) is 11.2. The molecule has 1 heterocycles. The summed E-state index contributed by atoms with van der Waals surface area (Å²) in [6.45, 7) is 9.57. The summed E-state index contributed by atoms with van der Waals surface area (Å²) in [7, 11) is 0. The molecule has 0 atom stereocenters. The molecule has 1 aromatic heterocycles. The number of thiophene rings is 1. The van der Waals surface area contributed by atoms with Crippen molar-refractivity contribution in [3.63, 3.8) is 0 Å². The summed E-state index contributed by atoms with van der Waals surface area (Å²) in [6, 6.07) is 52.4. The van der Waals surface area contributed by atoms with Crippen molar-refractivity contribution in [3.05, 3.63) is 162 Å². The lowest BCUT2D eigenvalue weighted by molar-refractivity contribution is 0.660. The van der Waals surface area contributed by atoms with E-state index in [-0.39, 0.29) is 10.8 Å². The van der Waals surface area contributed by atoms with Gasteiger partial charge in [0.1, 0.15) is 0 Å². The van der Waals surface area contributed by atoms with Crippen molar-refractivity contribution in [2.75, 3.05) is 4.90 Å². The summed E-state index contributed by atoms with van der Waals surface area (Å²) in [4.78, 5) is 2.63. The number of nitrogens with zero attached hydrogens (tertiary/aromatic N) is 1. The highest BCUT2D eigenvalue weighted by Gasteiger charge is 2.42. The van der Waals surface area contributed by atoms with Gasteiger partial charge in [-0.2, -0.15) is 0 Å². The number of rotatable bonds is 3. The van der Waals surface area contributed by atoms with Gasteiger partial charge in [-0.1, -0.05) is 137 Å². The average Bonchev–Trinajstić information content (AvgIpc) is 3.69. The Kier molecular flexibility index (Phi) is 5.63. The second-order valence-electron chi connectivity index (χ2n) is 14.5. The summed E-state index contributed by atoms with van der Waals surface area (Å²) in [5, 5.41) is 5.23. The second kappa shape index (κ2) is 9.69. The molecule has 0 amide bonds. The van der Waals surface area contributed by atoms with Crippen LogP contribution in [0.25, 0.3) is 53.2 Å². The predicted molar refractivity (Wildman–Crippen MR) is 207 cm³/mol.